The van der Waals surface area contributed by atoms with Gasteiger partial charge >= 0.3 is 0 Å². The Hall–Kier alpha value is -1.33. The Morgan fingerprint density at radius 3 is 2.31 bits per heavy atom. The van der Waals surface area contributed by atoms with Crippen molar-refractivity contribution in [2.45, 2.75) is 12.5 Å². The average molecular weight is 191 g/mol. The Labute approximate surface area is 81.5 Å². The van der Waals surface area contributed by atoms with E-state index in [1.165, 1.54) is 0 Å². The normalized spacial score (nSPS) is 24.8. The Bertz CT molecular complexity index is 414. The average Bonchev–Trinajstić information content (AvgIpc) is 2.79. The molecule has 0 fully saturated rings. The number of hydrogen-bond acceptors (Lipinski definition) is 2. The van der Waals surface area contributed by atoms with E-state index in [0.717, 1.165) is 11.3 Å². The molecule has 1 aromatic rings. The summed E-state index contributed by atoms with van der Waals surface area (Å²) < 4.78 is 0. The summed E-state index contributed by atoms with van der Waals surface area (Å²) in [5.74, 6) is 0. The van der Waals surface area contributed by atoms with Gasteiger partial charge in [-0.15, -0.1) is 0 Å². The van der Waals surface area contributed by atoms with Crippen molar-refractivity contribution in [2.24, 2.45) is 4.99 Å². The summed E-state index contributed by atoms with van der Waals surface area (Å²) in [6.07, 6.45) is 0. The minimum absolute atomic E-state index is 0.676. The zero-order valence-corrected chi connectivity index (χ0v) is 7.84. The first-order chi connectivity index (χ1) is 6.19. The van der Waals surface area contributed by atoms with Gasteiger partial charge in [-0.25, -0.2) is 0 Å². The first-order valence-corrected chi connectivity index (χ1v) is 4.31. The van der Waals surface area contributed by atoms with Gasteiger partial charge in [0.1, 0.15) is 6.07 Å². The molecule has 1 aromatic carbocycles. The number of nitrogens with zero attached hydrogens (tertiary/aromatic N) is 2. The lowest BCUT2D eigenvalue weighted by Gasteiger charge is -2.04. The highest BCUT2D eigenvalue weighted by Gasteiger charge is 2.46. The van der Waals surface area contributed by atoms with Crippen LogP contribution in [0.15, 0.2) is 29.3 Å². The maximum Gasteiger partial charge on any atom is 0.208 e. The lowest BCUT2D eigenvalue weighted by Crippen LogP contribution is -2.11. The van der Waals surface area contributed by atoms with Crippen molar-refractivity contribution in [1.29, 1.82) is 5.26 Å². The molecule has 1 atom stereocenters. The van der Waals surface area contributed by atoms with Crippen molar-refractivity contribution in [3.05, 3.63) is 34.9 Å². The molecule has 1 aliphatic heterocycles. The third-order valence-corrected chi connectivity index (χ3v) is 2.48. The zero-order chi connectivity index (χ0) is 9.47. The maximum atomic E-state index is 8.95. The molecular weight excluding hydrogens is 184 g/mol. The van der Waals surface area contributed by atoms with Crippen molar-refractivity contribution in [3.8, 4) is 6.07 Å². The van der Waals surface area contributed by atoms with Gasteiger partial charge in [0, 0.05) is 5.02 Å². The molecule has 3 heteroatoms. The number of nitriles is 1. The predicted octanol–water partition coefficient (Wildman–Crippen LogP) is 2.53. The molecule has 0 unspecified atom stereocenters. The summed E-state index contributed by atoms with van der Waals surface area (Å²) in [5, 5.41) is 9.63. The summed E-state index contributed by atoms with van der Waals surface area (Å²) in [6, 6.07) is 9.42. The molecule has 0 saturated heterocycles. The van der Waals surface area contributed by atoms with Crippen LogP contribution in [0.4, 0.5) is 0 Å². The quantitative estimate of drug-likeness (QED) is 0.671. The van der Waals surface area contributed by atoms with Crippen molar-refractivity contribution < 1.29 is 0 Å². The van der Waals surface area contributed by atoms with Gasteiger partial charge in [-0.05, 0) is 24.6 Å². The van der Waals surface area contributed by atoms with Crippen molar-refractivity contribution in [1.82, 2.24) is 0 Å². The fourth-order valence-electron chi connectivity index (χ4n) is 1.36. The van der Waals surface area contributed by atoms with Crippen LogP contribution in [0.25, 0.3) is 0 Å². The van der Waals surface area contributed by atoms with Gasteiger partial charge in [-0.1, -0.05) is 23.7 Å². The summed E-state index contributed by atoms with van der Waals surface area (Å²) >= 11 is 5.74. The highest BCUT2D eigenvalue weighted by molar-refractivity contribution is 6.30. The fraction of sp³-hybridized carbons (Fsp3) is 0.200. The highest BCUT2D eigenvalue weighted by Crippen LogP contribution is 2.38. The van der Waals surface area contributed by atoms with E-state index < -0.39 is 5.54 Å². The van der Waals surface area contributed by atoms with Gasteiger partial charge in [0.15, 0.2) is 0 Å². The monoisotopic (exact) mass is 190 g/mol. The molecule has 1 heterocycles. The van der Waals surface area contributed by atoms with E-state index in [1.54, 1.807) is 12.1 Å². The van der Waals surface area contributed by atoms with E-state index in [9.17, 15) is 0 Å². The molecule has 0 saturated carbocycles. The smallest absolute Gasteiger partial charge is 0.208 e. The molecule has 0 spiro atoms. The van der Waals surface area contributed by atoms with E-state index in [-0.39, 0.29) is 0 Å². The predicted molar refractivity (Wildman–Crippen MR) is 51.9 cm³/mol. The Morgan fingerprint density at radius 2 is 1.92 bits per heavy atom. The van der Waals surface area contributed by atoms with E-state index in [2.05, 4.69) is 11.1 Å². The van der Waals surface area contributed by atoms with Crippen LogP contribution in [0, 0.1) is 11.3 Å². The molecule has 2 nitrogen and oxygen atoms in total. The van der Waals surface area contributed by atoms with Gasteiger partial charge in [-0.3, -0.25) is 4.99 Å². The van der Waals surface area contributed by atoms with Crippen LogP contribution in [-0.2, 0) is 5.54 Å². The van der Waals surface area contributed by atoms with Crippen LogP contribution in [0.5, 0.6) is 0 Å². The maximum absolute atomic E-state index is 8.95. The van der Waals surface area contributed by atoms with Crippen LogP contribution >= 0.6 is 11.6 Å². The molecular formula is C10H7ClN2. The lowest BCUT2D eigenvalue weighted by molar-refractivity contribution is 0.920. The number of aliphatic imine (C=N–C) groups is 1. The summed E-state index contributed by atoms with van der Waals surface area (Å²) in [7, 11) is 0. The van der Waals surface area contributed by atoms with Crippen LogP contribution < -0.4 is 0 Å². The van der Waals surface area contributed by atoms with Crippen LogP contribution in [-0.4, -0.2) is 5.71 Å². The van der Waals surface area contributed by atoms with Crippen LogP contribution in [0.2, 0.25) is 5.02 Å². The Morgan fingerprint density at radius 1 is 1.38 bits per heavy atom. The first-order valence-electron chi connectivity index (χ1n) is 3.93. The lowest BCUT2D eigenvalue weighted by atomic mass is 9.96. The SMILES string of the molecule is CC1=N[C@@]1(C#N)c1ccc(Cl)cc1. The highest BCUT2D eigenvalue weighted by atomic mass is 35.5. The second-order valence-electron chi connectivity index (χ2n) is 3.03. The van der Waals surface area contributed by atoms with Gasteiger partial charge < -0.3 is 0 Å². The summed E-state index contributed by atoms with van der Waals surface area (Å²) in [5.41, 5.74) is 1.10. The van der Waals surface area contributed by atoms with Crippen LogP contribution in [0.3, 0.4) is 0 Å². The minimum atomic E-state index is -0.676. The number of halogens is 1. The van der Waals surface area contributed by atoms with E-state index >= 15 is 0 Å². The van der Waals surface area contributed by atoms with E-state index in [0.29, 0.717) is 5.02 Å². The van der Waals surface area contributed by atoms with Crippen molar-refractivity contribution >= 4 is 17.3 Å². The molecule has 0 radical (unpaired) electrons. The van der Waals surface area contributed by atoms with Crippen molar-refractivity contribution in [3.63, 3.8) is 0 Å². The number of rotatable bonds is 1. The standard InChI is InChI=1S/C10H7ClN2/c1-7-10(6-12,13-7)8-2-4-9(11)5-3-8/h2-5H,1H3/t10-/m1/s1. The first kappa shape index (κ1) is 8.28. The third-order valence-electron chi connectivity index (χ3n) is 2.23. The molecule has 13 heavy (non-hydrogen) atoms. The van der Waals surface area contributed by atoms with Gasteiger partial charge in [0.25, 0.3) is 0 Å². The van der Waals surface area contributed by atoms with E-state index in [1.807, 2.05) is 19.1 Å². The molecule has 1 aliphatic rings. The minimum Gasteiger partial charge on any atom is -0.257 e. The van der Waals surface area contributed by atoms with E-state index in [4.69, 9.17) is 16.9 Å². The van der Waals surface area contributed by atoms with Crippen molar-refractivity contribution in [2.75, 3.05) is 0 Å². The molecule has 0 aromatic heterocycles. The summed E-state index contributed by atoms with van der Waals surface area (Å²) in [4.78, 5) is 4.12. The molecule has 0 amide bonds. The molecule has 2 rings (SSSR count). The second kappa shape index (κ2) is 2.58. The molecule has 0 bridgehead atoms. The fourth-order valence-corrected chi connectivity index (χ4v) is 1.48. The molecule has 64 valence electrons. The van der Waals surface area contributed by atoms with Gasteiger partial charge in [0.05, 0.1) is 5.71 Å². The van der Waals surface area contributed by atoms with Crippen LogP contribution in [0.1, 0.15) is 12.5 Å². The Balaban J connectivity index is 2.39. The number of hydrogen-bond donors (Lipinski definition) is 0. The number of benzene rings is 1. The third kappa shape index (κ3) is 1.13. The second-order valence-corrected chi connectivity index (χ2v) is 3.46. The van der Waals surface area contributed by atoms with Gasteiger partial charge in [0.2, 0.25) is 5.54 Å². The zero-order valence-electron chi connectivity index (χ0n) is 7.08. The Kier molecular flexibility index (Phi) is 1.64. The molecule has 0 aliphatic carbocycles. The molecule has 0 N–H and O–H groups in total. The summed E-state index contributed by atoms with van der Waals surface area (Å²) in [6.45, 7) is 1.86. The van der Waals surface area contributed by atoms with Gasteiger partial charge in [-0.2, -0.15) is 5.26 Å². The largest absolute Gasteiger partial charge is 0.257 e. The topological polar surface area (TPSA) is 36.1 Å².